The van der Waals surface area contributed by atoms with Gasteiger partial charge in [0.15, 0.2) is 0 Å². The molecule has 2 nitrogen and oxygen atoms in total. The van der Waals surface area contributed by atoms with Crippen molar-refractivity contribution >= 4 is 30.1 Å². The van der Waals surface area contributed by atoms with Crippen LogP contribution in [0, 0.1) is 11.2 Å². The van der Waals surface area contributed by atoms with Gasteiger partial charge in [0.1, 0.15) is 5.82 Å². The number of thiol groups is 1. The summed E-state index contributed by atoms with van der Waals surface area (Å²) >= 11 is 9.93. The molecule has 0 spiro atoms. The Kier molecular flexibility index (Phi) is 4.17. The largest absolute Gasteiger partial charge is 0.352 e. The normalized spacial score (nSPS) is 16.4. The second kappa shape index (κ2) is 5.49. The van der Waals surface area contributed by atoms with Gasteiger partial charge in [-0.15, -0.1) is 0 Å². The Hall–Kier alpha value is -0.740. The number of rotatable bonds is 5. The molecule has 1 amide bonds. The van der Waals surface area contributed by atoms with Crippen molar-refractivity contribution < 1.29 is 9.18 Å². The third kappa shape index (κ3) is 3.39. The molecule has 0 unspecified atom stereocenters. The van der Waals surface area contributed by atoms with Gasteiger partial charge in [-0.3, -0.25) is 4.79 Å². The summed E-state index contributed by atoms with van der Waals surface area (Å²) in [5.41, 5.74) is 0.915. The predicted molar refractivity (Wildman–Crippen MR) is 73.4 cm³/mol. The van der Waals surface area contributed by atoms with Gasteiger partial charge < -0.3 is 5.32 Å². The van der Waals surface area contributed by atoms with Crippen LogP contribution in [0.4, 0.5) is 4.39 Å². The fraction of sp³-hybridized carbons (Fsp3) is 0.462. The molecule has 1 aliphatic carbocycles. The van der Waals surface area contributed by atoms with Gasteiger partial charge in [-0.25, -0.2) is 4.39 Å². The molecule has 0 atom stereocenters. The lowest BCUT2D eigenvalue weighted by Crippen LogP contribution is -2.26. The SMILES string of the molecule is O=C(CC1(CS)CC1)NCc1ccc(F)c(Cl)c1. The number of hydrogen-bond donors (Lipinski definition) is 2. The monoisotopic (exact) mass is 287 g/mol. The molecule has 1 aromatic carbocycles. The van der Waals surface area contributed by atoms with E-state index in [2.05, 4.69) is 17.9 Å². The van der Waals surface area contributed by atoms with Crippen LogP contribution in [0.1, 0.15) is 24.8 Å². The molecule has 0 bridgehead atoms. The minimum Gasteiger partial charge on any atom is -0.352 e. The highest BCUT2D eigenvalue weighted by Crippen LogP contribution is 2.49. The second-order valence-corrected chi connectivity index (χ2v) is 5.58. The average Bonchev–Trinajstić information content (AvgIpc) is 3.11. The molecule has 1 aromatic rings. The number of halogens is 2. The maximum atomic E-state index is 12.9. The number of benzene rings is 1. The van der Waals surface area contributed by atoms with Crippen molar-refractivity contribution in [2.75, 3.05) is 5.75 Å². The molecular weight excluding hydrogens is 273 g/mol. The molecule has 1 aliphatic rings. The smallest absolute Gasteiger partial charge is 0.220 e. The zero-order chi connectivity index (χ0) is 13.2. The summed E-state index contributed by atoms with van der Waals surface area (Å²) in [7, 11) is 0. The highest BCUT2D eigenvalue weighted by molar-refractivity contribution is 7.80. The zero-order valence-electron chi connectivity index (χ0n) is 9.88. The molecule has 2 rings (SSSR count). The van der Waals surface area contributed by atoms with Crippen molar-refractivity contribution in [3.05, 3.63) is 34.6 Å². The molecule has 98 valence electrons. The van der Waals surface area contributed by atoms with Crippen LogP contribution in [-0.4, -0.2) is 11.7 Å². The second-order valence-electron chi connectivity index (χ2n) is 4.86. The lowest BCUT2D eigenvalue weighted by Gasteiger charge is -2.11. The van der Waals surface area contributed by atoms with E-state index in [1.54, 1.807) is 6.07 Å². The van der Waals surface area contributed by atoms with E-state index in [0.29, 0.717) is 13.0 Å². The maximum absolute atomic E-state index is 12.9. The van der Waals surface area contributed by atoms with E-state index in [9.17, 15) is 9.18 Å². The lowest BCUT2D eigenvalue weighted by molar-refractivity contribution is -0.122. The molecule has 0 radical (unpaired) electrons. The third-order valence-corrected chi connectivity index (χ3v) is 4.26. The Morgan fingerprint density at radius 1 is 1.50 bits per heavy atom. The van der Waals surface area contributed by atoms with E-state index in [0.717, 1.165) is 24.2 Å². The average molecular weight is 288 g/mol. The van der Waals surface area contributed by atoms with Gasteiger partial charge in [0.05, 0.1) is 5.02 Å². The number of carbonyl (C=O) groups excluding carboxylic acids is 1. The summed E-state index contributed by atoms with van der Waals surface area (Å²) in [6.07, 6.45) is 2.67. The van der Waals surface area contributed by atoms with Gasteiger partial charge in [-0.05, 0) is 41.7 Å². The summed E-state index contributed by atoms with van der Waals surface area (Å²) in [4.78, 5) is 11.7. The van der Waals surface area contributed by atoms with Crippen molar-refractivity contribution in [3.8, 4) is 0 Å². The summed E-state index contributed by atoms with van der Waals surface area (Å²) < 4.78 is 12.9. The minimum absolute atomic E-state index is 0.0157. The number of nitrogens with one attached hydrogen (secondary N) is 1. The zero-order valence-corrected chi connectivity index (χ0v) is 11.5. The highest BCUT2D eigenvalue weighted by atomic mass is 35.5. The van der Waals surface area contributed by atoms with E-state index < -0.39 is 5.82 Å². The van der Waals surface area contributed by atoms with Gasteiger partial charge in [0.25, 0.3) is 0 Å². The van der Waals surface area contributed by atoms with Crippen LogP contribution in [0.2, 0.25) is 5.02 Å². The molecule has 5 heteroatoms. The molecule has 1 N–H and O–H groups in total. The first kappa shape index (κ1) is 13.7. The van der Waals surface area contributed by atoms with Crippen molar-refractivity contribution in [2.45, 2.75) is 25.8 Å². The Morgan fingerprint density at radius 3 is 2.78 bits per heavy atom. The Balaban J connectivity index is 1.84. The summed E-state index contributed by atoms with van der Waals surface area (Å²) in [5, 5.41) is 2.90. The van der Waals surface area contributed by atoms with E-state index in [1.807, 2.05) is 0 Å². The van der Waals surface area contributed by atoms with Crippen LogP contribution in [0.25, 0.3) is 0 Å². The predicted octanol–water partition coefficient (Wildman–Crippen LogP) is 3.20. The van der Waals surface area contributed by atoms with E-state index in [-0.39, 0.29) is 16.3 Å². The van der Waals surface area contributed by atoms with Gasteiger partial charge in [0, 0.05) is 13.0 Å². The van der Waals surface area contributed by atoms with Crippen molar-refractivity contribution in [1.29, 1.82) is 0 Å². The highest BCUT2D eigenvalue weighted by Gasteiger charge is 2.42. The molecule has 0 heterocycles. The topological polar surface area (TPSA) is 29.1 Å². The van der Waals surface area contributed by atoms with Crippen LogP contribution < -0.4 is 5.32 Å². The van der Waals surface area contributed by atoms with Crippen LogP contribution >= 0.6 is 24.2 Å². The van der Waals surface area contributed by atoms with Crippen molar-refractivity contribution in [3.63, 3.8) is 0 Å². The first-order valence-electron chi connectivity index (χ1n) is 5.86. The van der Waals surface area contributed by atoms with Crippen LogP contribution in [0.3, 0.4) is 0 Å². The minimum atomic E-state index is -0.446. The van der Waals surface area contributed by atoms with Crippen LogP contribution in [0.5, 0.6) is 0 Å². The number of amides is 1. The van der Waals surface area contributed by atoms with Crippen molar-refractivity contribution in [1.82, 2.24) is 5.32 Å². The Bertz CT molecular complexity index is 462. The fourth-order valence-corrected chi connectivity index (χ4v) is 2.45. The first-order chi connectivity index (χ1) is 8.54. The molecule has 1 saturated carbocycles. The van der Waals surface area contributed by atoms with Gasteiger partial charge in [-0.2, -0.15) is 12.6 Å². The molecule has 0 aromatic heterocycles. The van der Waals surface area contributed by atoms with E-state index in [4.69, 9.17) is 11.6 Å². The van der Waals surface area contributed by atoms with Crippen LogP contribution in [0.15, 0.2) is 18.2 Å². The molecule has 0 saturated heterocycles. The lowest BCUT2D eigenvalue weighted by atomic mass is 10.1. The molecule has 1 fully saturated rings. The maximum Gasteiger partial charge on any atom is 0.220 e. The van der Waals surface area contributed by atoms with Crippen molar-refractivity contribution in [2.24, 2.45) is 5.41 Å². The number of hydrogen-bond acceptors (Lipinski definition) is 2. The van der Waals surface area contributed by atoms with Gasteiger partial charge in [0.2, 0.25) is 5.91 Å². The Labute approximate surface area is 116 Å². The Morgan fingerprint density at radius 2 is 2.22 bits per heavy atom. The number of carbonyl (C=O) groups is 1. The van der Waals surface area contributed by atoms with Gasteiger partial charge >= 0.3 is 0 Å². The summed E-state index contributed by atoms with van der Waals surface area (Å²) in [6, 6.07) is 4.45. The van der Waals surface area contributed by atoms with Gasteiger partial charge in [-0.1, -0.05) is 17.7 Å². The summed E-state index contributed by atoms with van der Waals surface area (Å²) in [5.74, 6) is 0.323. The van der Waals surface area contributed by atoms with E-state index >= 15 is 0 Å². The van der Waals surface area contributed by atoms with Crippen LogP contribution in [-0.2, 0) is 11.3 Å². The third-order valence-electron chi connectivity index (χ3n) is 3.30. The molecule has 0 aliphatic heterocycles. The fourth-order valence-electron chi connectivity index (χ4n) is 1.82. The molecular formula is C13H15ClFNOS. The van der Waals surface area contributed by atoms with E-state index in [1.165, 1.54) is 12.1 Å². The quantitative estimate of drug-likeness (QED) is 0.800. The standard InChI is InChI=1S/C13H15ClFNOS/c14-10-5-9(1-2-11(10)15)7-16-12(17)6-13(8-18)3-4-13/h1-2,5,18H,3-4,6-8H2,(H,16,17). The first-order valence-corrected chi connectivity index (χ1v) is 6.87. The summed E-state index contributed by atoms with van der Waals surface area (Å²) in [6.45, 7) is 0.376. The molecule has 18 heavy (non-hydrogen) atoms.